The summed E-state index contributed by atoms with van der Waals surface area (Å²) in [5.74, 6) is -1.04. The number of H-pyrrole nitrogens is 1. The molecule has 1 unspecified atom stereocenters. The maximum Gasteiger partial charge on any atom is 0.326 e. The SMILES string of the molecule is COC(C)(C)CNC(=O)N1Cc2[nH]cnc2CC1C(=O)O. The number of carbonyl (C=O) groups is 2. The van der Waals surface area contributed by atoms with Gasteiger partial charge in [0.25, 0.3) is 0 Å². The highest BCUT2D eigenvalue weighted by molar-refractivity contribution is 5.83. The molecule has 1 aliphatic heterocycles. The Bertz CT molecular complexity index is 540. The van der Waals surface area contributed by atoms with Crippen LogP contribution in [0.3, 0.4) is 0 Å². The Morgan fingerprint density at radius 2 is 2.33 bits per heavy atom. The molecule has 1 atom stereocenters. The van der Waals surface area contributed by atoms with Gasteiger partial charge in [0, 0.05) is 20.1 Å². The minimum atomic E-state index is -1.04. The van der Waals surface area contributed by atoms with Gasteiger partial charge >= 0.3 is 12.0 Å². The molecule has 2 heterocycles. The van der Waals surface area contributed by atoms with Crippen LogP contribution in [-0.4, -0.2) is 57.3 Å². The van der Waals surface area contributed by atoms with Gasteiger partial charge in [-0.15, -0.1) is 0 Å². The van der Waals surface area contributed by atoms with Gasteiger partial charge in [0.2, 0.25) is 0 Å². The molecule has 0 saturated heterocycles. The van der Waals surface area contributed by atoms with Gasteiger partial charge in [-0.25, -0.2) is 14.6 Å². The number of aliphatic carboxylic acids is 1. The number of nitrogens with one attached hydrogen (secondary N) is 2. The first-order valence-corrected chi connectivity index (χ1v) is 6.67. The molecule has 116 valence electrons. The van der Waals surface area contributed by atoms with Crippen molar-refractivity contribution in [3.63, 3.8) is 0 Å². The molecular formula is C13H20N4O4. The molecule has 21 heavy (non-hydrogen) atoms. The van der Waals surface area contributed by atoms with E-state index in [0.29, 0.717) is 12.2 Å². The van der Waals surface area contributed by atoms with Crippen LogP contribution in [0.15, 0.2) is 6.33 Å². The molecule has 8 nitrogen and oxygen atoms in total. The Hall–Kier alpha value is -2.09. The predicted octanol–water partition coefficient (Wildman–Crippen LogP) is 0.356. The molecule has 0 bridgehead atoms. The third kappa shape index (κ3) is 3.33. The molecule has 0 fully saturated rings. The number of methoxy groups -OCH3 is 1. The Labute approximate surface area is 122 Å². The molecular weight excluding hydrogens is 276 g/mol. The largest absolute Gasteiger partial charge is 0.480 e. The van der Waals surface area contributed by atoms with Crippen LogP contribution in [0.5, 0.6) is 0 Å². The minimum absolute atomic E-state index is 0.200. The standard InChI is InChI=1S/C13H20N4O4/c1-13(2,21-3)6-14-12(20)17-5-9-8(15-7-16-9)4-10(17)11(18)19/h7,10H,4-6H2,1-3H3,(H,14,20)(H,15,16)(H,18,19). The van der Waals surface area contributed by atoms with E-state index in [2.05, 4.69) is 15.3 Å². The van der Waals surface area contributed by atoms with E-state index in [1.54, 1.807) is 7.11 Å². The first-order chi connectivity index (χ1) is 9.84. The Balaban J connectivity index is 2.09. The molecule has 1 aromatic rings. The van der Waals surface area contributed by atoms with Crippen molar-refractivity contribution < 1.29 is 19.4 Å². The number of aromatic amines is 1. The highest BCUT2D eigenvalue weighted by Crippen LogP contribution is 2.21. The molecule has 1 aromatic heterocycles. The van der Waals surface area contributed by atoms with Crippen LogP contribution < -0.4 is 5.32 Å². The number of ether oxygens (including phenoxy) is 1. The predicted molar refractivity (Wildman–Crippen MR) is 73.7 cm³/mol. The summed E-state index contributed by atoms with van der Waals surface area (Å²) in [5.41, 5.74) is 0.959. The van der Waals surface area contributed by atoms with E-state index in [-0.39, 0.29) is 13.0 Å². The number of carboxylic acid groups (broad SMARTS) is 1. The topological polar surface area (TPSA) is 108 Å². The van der Waals surface area contributed by atoms with Crippen LogP contribution in [0.25, 0.3) is 0 Å². The van der Waals surface area contributed by atoms with E-state index in [1.807, 2.05) is 13.8 Å². The molecule has 3 N–H and O–H groups in total. The summed E-state index contributed by atoms with van der Waals surface area (Å²) in [5, 5.41) is 12.0. The number of nitrogens with zero attached hydrogens (tertiary/aromatic N) is 2. The first-order valence-electron chi connectivity index (χ1n) is 6.67. The molecule has 2 amide bonds. The number of hydrogen-bond donors (Lipinski definition) is 3. The van der Waals surface area contributed by atoms with E-state index in [1.165, 1.54) is 11.2 Å². The second kappa shape index (κ2) is 5.72. The zero-order valence-electron chi connectivity index (χ0n) is 12.3. The summed E-state index contributed by atoms with van der Waals surface area (Å²) >= 11 is 0. The third-order valence-electron chi connectivity index (χ3n) is 3.66. The van der Waals surface area contributed by atoms with Crippen molar-refractivity contribution in [2.75, 3.05) is 13.7 Å². The van der Waals surface area contributed by atoms with Crippen LogP contribution in [-0.2, 0) is 22.5 Å². The van der Waals surface area contributed by atoms with Crippen molar-refractivity contribution in [1.82, 2.24) is 20.2 Å². The summed E-state index contributed by atoms with van der Waals surface area (Å²) in [6.45, 7) is 4.17. The number of fused-ring (bicyclic) bond motifs is 1. The zero-order chi connectivity index (χ0) is 15.6. The summed E-state index contributed by atoms with van der Waals surface area (Å²) in [6, 6.07) is -1.33. The Morgan fingerprint density at radius 3 is 2.95 bits per heavy atom. The van der Waals surface area contributed by atoms with Crippen molar-refractivity contribution in [3.05, 3.63) is 17.7 Å². The van der Waals surface area contributed by atoms with E-state index in [0.717, 1.165) is 5.69 Å². The Morgan fingerprint density at radius 1 is 1.62 bits per heavy atom. The second-order valence-electron chi connectivity index (χ2n) is 5.64. The van der Waals surface area contributed by atoms with Gasteiger partial charge in [0.1, 0.15) is 6.04 Å². The van der Waals surface area contributed by atoms with Gasteiger partial charge in [-0.3, -0.25) is 0 Å². The number of imidazole rings is 1. The van der Waals surface area contributed by atoms with E-state index < -0.39 is 23.6 Å². The van der Waals surface area contributed by atoms with Gasteiger partial charge in [-0.05, 0) is 13.8 Å². The molecule has 0 aliphatic carbocycles. The smallest absolute Gasteiger partial charge is 0.326 e. The third-order valence-corrected chi connectivity index (χ3v) is 3.66. The fourth-order valence-corrected chi connectivity index (χ4v) is 2.13. The van der Waals surface area contributed by atoms with Crippen molar-refractivity contribution in [2.45, 2.75) is 38.5 Å². The van der Waals surface area contributed by atoms with Gasteiger partial charge in [0.05, 0.1) is 29.9 Å². The quantitative estimate of drug-likeness (QED) is 0.743. The number of rotatable bonds is 4. The number of amides is 2. The number of hydrogen-bond acceptors (Lipinski definition) is 4. The average molecular weight is 296 g/mol. The molecule has 8 heteroatoms. The van der Waals surface area contributed by atoms with Crippen LogP contribution in [0.2, 0.25) is 0 Å². The lowest BCUT2D eigenvalue weighted by Gasteiger charge is -2.33. The number of aromatic nitrogens is 2. The lowest BCUT2D eigenvalue weighted by Crippen LogP contribution is -2.54. The van der Waals surface area contributed by atoms with E-state index >= 15 is 0 Å². The van der Waals surface area contributed by atoms with Crippen LogP contribution in [0.1, 0.15) is 25.2 Å². The van der Waals surface area contributed by atoms with Gasteiger partial charge in [0.15, 0.2) is 0 Å². The fraction of sp³-hybridized carbons (Fsp3) is 0.615. The number of carbonyl (C=O) groups excluding carboxylic acids is 1. The minimum Gasteiger partial charge on any atom is -0.480 e. The maximum absolute atomic E-state index is 12.3. The van der Waals surface area contributed by atoms with Crippen molar-refractivity contribution in [3.8, 4) is 0 Å². The average Bonchev–Trinajstić information content (AvgIpc) is 2.90. The maximum atomic E-state index is 12.3. The van der Waals surface area contributed by atoms with Gasteiger partial charge in [-0.1, -0.05) is 0 Å². The second-order valence-corrected chi connectivity index (χ2v) is 5.64. The fourth-order valence-electron chi connectivity index (χ4n) is 2.13. The van der Waals surface area contributed by atoms with E-state index in [4.69, 9.17) is 4.74 Å². The van der Waals surface area contributed by atoms with Crippen molar-refractivity contribution in [1.29, 1.82) is 0 Å². The van der Waals surface area contributed by atoms with E-state index in [9.17, 15) is 14.7 Å². The lowest BCUT2D eigenvalue weighted by atomic mass is 10.0. The molecule has 0 aromatic carbocycles. The summed E-state index contributed by atoms with van der Waals surface area (Å²) in [7, 11) is 1.56. The van der Waals surface area contributed by atoms with Crippen LogP contribution in [0, 0.1) is 0 Å². The number of carboxylic acids is 1. The summed E-state index contributed by atoms with van der Waals surface area (Å²) in [6.07, 6.45) is 1.72. The first kappa shape index (κ1) is 15.3. The molecule has 2 rings (SSSR count). The number of urea groups is 1. The molecule has 0 saturated carbocycles. The highest BCUT2D eigenvalue weighted by atomic mass is 16.5. The summed E-state index contributed by atoms with van der Waals surface area (Å²) in [4.78, 5) is 32.0. The molecule has 0 radical (unpaired) electrons. The van der Waals surface area contributed by atoms with Crippen molar-refractivity contribution >= 4 is 12.0 Å². The highest BCUT2D eigenvalue weighted by Gasteiger charge is 2.36. The zero-order valence-corrected chi connectivity index (χ0v) is 12.3. The molecule has 0 spiro atoms. The normalized spacial score (nSPS) is 18.2. The van der Waals surface area contributed by atoms with Gasteiger partial charge in [-0.2, -0.15) is 0 Å². The van der Waals surface area contributed by atoms with Crippen LogP contribution >= 0.6 is 0 Å². The molecule has 1 aliphatic rings. The Kier molecular flexibility index (Phi) is 4.17. The summed E-state index contributed by atoms with van der Waals surface area (Å²) < 4.78 is 5.23. The van der Waals surface area contributed by atoms with Crippen LogP contribution in [0.4, 0.5) is 4.79 Å². The lowest BCUT2D eigenvalue weighted by molar-refractivity contribution is -0.142. The van der Waals surface area contributed by atoms with Crippen molar-refractivity contribution in [2.24, 2.45) is 0 Å². The monoisotopic (exact) mass is 296 g/mol. The van der Waals surface area contributed by atoms with Gasteiger partial charge < -0.3 is 25.0 Å².